The van der Waals surface area contributed by atoms with E-state index in [1.807, 2.05) is 32.0 Å². The summed E-state index contributed by atoms with van der Waals surface area (Å²) in [6.07, 6.45) is 3.28. The number of carbonyl (C=O) groups excluding carboxylic acids is 1. The monoisotopic (exact) mass is 422 g/mol. The van der Waals surface area contributed by atoms with Crippen molar-refractivity contribution < 1.29 is 9.21 Å². The molecular weight excluding hydrogens is 400 g/mol. The zero-order valence-electron chi connectivity index (χ0n) is 16.7. The molecule has 0 radical (unpaired) electrons. The van der Waals surface area contributed by atoms with Crippen molar-refractivity contribution in [3.63, 3.8) is 0 Å². The van der Waals surface area contributed by atoms with Crippen LogP contribution in [-0.2, 0) is 12.8 Å². The smallest absolute Gasteiger partial charge is 0.259 e. The van der Waals surface area contributed by atoms with Crippen LogP contribution < -0.4 is 5.32 Å². The fourth-order valence-electron chi connectivity index (χ4n) is 4.07. The van der Waals surface area contributed by atoms with Gasteiger partial charge in [0.05, 0.1) is 15.8 Å². The third-order valence-electron chi connectivity index (χ3n) is 5.53. The predicted molar refractivity (Wildman–Crippen MR) is 120 cm³/mol. The topological polar surface area (TPSA) is 55.1 Å². The van der Waals surface area contributed by atoms with E-state index in [4.69, 9.17) is 9.40 Å². The summed E-state index contributed by atoms with van der Waals surface area (Å²) in [7, 11) is 0. The molecule has 29 heavy (non-hydrogen) atoms. The van der Waals surface area contributed by atoms with E-state index >= 15 is 0 Å². The van der Waals surface area contributed by atoms with Gasteiger partial charge in [-0.2, -0.15) is 0 Å². The third-order valence-corrected chi connectivity index (χ3v) is 7.76. The Morgan fingerprint density at radius 1 is 1.24 bits per heavy atom. The van der Waals surface area contributed by atoms with E-state index < -0.39 is 0 Å². The summed E-state index contributed by atoms with van der Waals surface area (Å²) in [5.74, 6) is 1.95. The van der Waals surface area contributed by atoms with Gasteiger partial charge in [-0.3, -0.25) is 4.79 Å². The number of thiophene rings is 1. The Hall–Kier alpha value is -2.44. The maximum atomic E-state index is 13.0. The fourth-order valence-corrected chi connectivity index (χ4v) is 6.59. The van der Waals surface area contributed by atoms with Gasteiger partial charge >= 0.3 is 0 Å². The summed E-state index contributed by atoms with van der Waals surface area (Å²) < 4.78 is 6.73. The maximum Gasteiger partial charge on any atom is 0.259 e. The first-order valence-electron chi connectivity index (χ1n) is 9.88. The lowest BCUT2D eigenvalue weighted by atomic mass is 9.88. The van der Waals surface area contributed by atoms with E-state index in [0.29, 0.717) is 17.2 Å². The molecule has 3 aromatic heterocycles. The number of hydrogen-bond acceptors (Lipinski definition) is 5. The number of nitrogens with zero attached hydrogens (tertiary/aromatic N) is 1. The van der Waals surface area contributed by atoms with Crippen LogP contribution in [0, 0.1) is 19.8 Å². The van der Waals surface area contributed by atoms with Crippen LogP contribution in [0.1, 0.15) is 45.7 Å². The highest BCUT2D eigenvalue weighted by Gasteiger charge is 2.28. The zero-order valence-corrected chi connectivity index (χ0v) is 18.3. The standard InChI is InChI=1S/C23H22N2O2S2/c1-12-8-9-15-19(10-12)29-23(25-21(26)16-11-13(2)27-14(16)3)20(15)22-24-17-6-4-5-7-18(17)28-22/h4-7,11-12H,8-10H2,1-3H3,(H,25,26). The minimum Gasteiger partial charge on any atom is -0.466 e. The van der Waals surface area contributed by atoms with Crippen LogP contribution in [0.4, 0.5) is 5.00 Å². The van der Waals surface area contributed by atoms with Gasteiger partial charge in [0.1, 0.15) is 21.5 Å². The van der Waals surface area contributed by atoms with Crippen LogP contribution in [0.2, 0.25) is 0 Å². The molecule has 1 aromatic carbocycles. The fraction of sp³-hybridized carbons (Fsp3) is 0.304. The van der Waals surface area contributed by atoms with Crippen molar-refractivity contribution in [3.8, 4) is 10.6 Å². The Morgan fingerprint density at radius 3 is 2.83 bits per heavy atom. The van der Waals surface area contributed by atoms with Gasteiger partial charge in [0.25, 0.3) is 5.91 Å². The number of carbonyl (C=O) groups is 1. The molecule has 5 rings (SSSR count). The molecule has 0 saturated heterocycles. The first-order chi connectivity index (χ1) is 14.0. The number of hydrogen-bond donors (Lipinski definition) is 1. The van der Waals surface area contributed by atoms with E-state index in [1.54, 1.807) is 28.7 Å². The number of anilines is 1. The summed E-state index contributed by atoms with van der Waals surface area (Å²) in [6.45, 7) is 5.99. The maximum absolute atomic E-state index is 13.0. The first kappa shape index (κ1) is 18.6. The average Bonchev–Trinajstić information content (AvgIpc) is 3.35. The number of amides is 1. The van der Waals surface area contributed by atoms with Gasteiger partial charge in [0, 0.05) is 10.4 Å². The molecule has 0 spiro atoms. The molecule has 0 bridgehead atoms. The number of rotatable bonds is 3. The number of nitrogens with one attached hydrogen (secondary N) is 1. The Labute approximate surface area is 177 Å². The van der Waals surface area contributed by atoms with E-state index in [-0.39, 0.29) is 5.91 Å². The van der Waals surface area contributed by atoms with Gasteiger partial charge in [-0.1, -0.05) is 19.1 Å². The van der Waals surface area contributed by atoms with Crippen LogP contribution >= 0.6 is 22.7 Å². The lowest BCUT2D eigenvalue weighted by molar-refractivity contribution is 0.102. The number of fused-ring (bicyclic) bond motifs is 2. The molecule has 6 heteroatoms. The van der Waals surface area contributed by atoms with Crippen LogP contribution in [-0.4, -0.2) is 10.9 Å². The Balaban J connectivity index is 1.61. The Bertz CT molecular complexity index is 1200. The van der Waals surface area contributed by atoms with Crippen molar-refractivity contribution in [2.24, 2.45) is 5.92 Å². The number of aryl methyl sites for hydroxylation is 2. The molecule has 0 aliphatic heterocycles. The minimum atomic E-state index is -0.117. The molecule has 4 nitrogen and oxygen atoms in total. The highest BCUT2D eigenvalue weighted by Crippen LogP contribution is 2.47. The Kier molecular flexibility index (Phi) is 4.56. The molecule has 0 saturated carbocycles. The first-order valence-corrected chi connectivity index (χ1v) is 11.5. The van der Waals surface area contributed by atoms with Crippen molar-refractivity contribution in [1.29, 1.82) is 0 Å². The second-order valence-electron chi connectivity index (χ2n) is 7.82. The van der Waals surface area contributed by atoms with Crippen molar-refractivity contribution in [3.05, 3.63) is 57.9 Å². The summed E-state index contributed by atoms with van der Waals surface area (Å²) in [5.41, 5.74) is 4.08. The summed E-state index contributed by atoms with van der Waals surface area (Å²) in [5, 5.41) is 5.08. The van der Waals surface area contributed by atoms with Crippen molar-refractivity contribution in [2.45, 2.75) is 40.0 Å². The lowest BCUT2D eigenvalue weighted by Gasteiger charge is -2.18. The number of thiazole rings is 1. The molecule has 0 fully saturated rings. The Morgan fingerprint density at radius 2 is 2.07 bits per heavy atom. The molecule has 1 aliphatic carbocycles. The highest BCUT2D eigenvalue weighted by atomic mass is 32.1. The quantitative estimate of drug-likeness (QED) is 0.404. The van der Waals surface area contributed by atoms with Crippen molar-refractivity contribution in [1.82, 2.24) is 4.98 Å². The van der Waals surface area contributed by atoms with Crippen LogP contribution in [0.5, 0.6) is 0 Å². The number of furan rings is 1. The molecule has 1 aliphatic rings. The molecule has 1 atom stereocenters. The van der Waals surface area contributed by atoms with Gasteiger partial charge in [-0.05, 0) is 62.8 Å². The average molecular weight is 423 g/mol. The van der Waals surface area contributed by atoms with E-state index in [9.17, 15) is 4.79 Å². The summed E-state index contributed by atoms with van der Waals surface area (Å²) in [6, 6.07) is 10.0. The molecule has 1 amide bonds. The highest BCUT2D eigenvalue weighted by molar-refractivity contribution is 7.23. The van der Waals surface area contributed by atoms with Crippen LogP contribution in [0.25, 0.3) is 20.8 Å². The van der Waals surface area contributed by atoms with Gasteiger partial charge in [0.15, 0.2) is 0 Å². The van der Waals surface area contributed by atoms with Gasteiger partial charge in [-0.25, -0.2) is 4.98 Å². The molecule has 148 valence electrons. The molecular formula is C23H22N2O2S2. The second kappa shape index (κ2) is 7.11. The van der Waals surface area contributed by atoms with E-state index in [1.165, 1.54) is 21.6 Å². The zero-order chi connectivity index (χ0) is 20.1. The van der Waals surface area contributed by atoms with E-state index in [0.717, 1.165) is 39.7 Å². The summed E-state index contributed by atoms with van der Waals surface area (Å²) in [4.78, 5) is 19.3. The van der Waals surface area contributed by atoms with Crippen LogP contribution in [0.3, 0.4) is 0 Å². The lowest BCUT2D eigenvalue weighted by Crippen LogP contribution is -2.12. The summed E-state index contributed by atoms with van der Waals surface area (Å²) >= 11 is 3.41. The number of benzene rings is 1. The molecule has 3 heterocycles. The predicted octanol–water partition coefficient (Wildman–Crippen LogP) is 6.61. The van der Waals surface area contributed by atoms with Crippen LogP contribution in [0.15, 0.2) is 34.7 Å². The number of aromatic nitrogens is 1. The molecule has 1 unspecified atom stereocenters. The normalized spacial score (nSPS) is 16.2. The number of para-hydroxylation sites is 1. The minimum absolute atomic E-state index is 0.117. The van der Waals surface area contributed by atoms with E-state index in [2.05, 4.69) is 18.3 Å². The van der Waals surface area contributed by atoms with Gasteiger partial charge in [-0.15, -0.1) is 22.7 Å². The SMILES string of the molecule is Cc1cc(C(=O)Nc2sc3c(c2-c2nc4ccccc4s2)CCC(C)C3)c(C)o1. The van der Waals surface area contributed by atoms with Crippen molar-refractivity contribution in [2.75, 3.05) is 5.32 Å². The molecule has 4 aromatic rings. The van der Waals surface area contributed by atoms with Gasteiger partial charge < -0.3 is 9.73 Å². The van der Waals surface area contributed by atoms with Crippen molar-refractivity contribution >= 4 is 43.8 Å². The molecule has 1 N–H and O–H groups in total. The third kappa shape index (κ3) is 3.30. The largest absolute Gasteiger partial charge is 0.466 e. The second-order valence-corrected chi connectivity index (χ2v) is 9.96. The van der Waals surface area contributed by atoms with Gasteiger partial charge in [0.2, 0.25) is 0 Å².